The normalized spacial score (nSPS) is 12.3. The Kier molecular flexibility index (Phi) is 13.3. The average Bonchev–Trinajstić information content (AvgIpc) is 1.87. The Labute approximate surface area is 81.5 Å². The molecule has 2 heteroatoms. The van der Waals surface area contributed by atoms with Crippen molar-refractivity contribution in [3.63, 3.8) is 0 Å². The van der Waals surface area contributed by atoms with Crippen molar-refractivity contribution < 1.29 is 0 Å². The molecule has 0 saturated carbocycles. The van der Waals surface area contributed by atoms with Crippen LogP contribution in [0.3, 0.4) is 0 Å². The number of halogens is 1. The van der Waals surface area contributed by atoms with Gasteiger partial charge in [0.1, 0.15) is 0 Å². The summed E-state index contributed by atoms with van der Waals surface area (Å²) in [5.41, 5.74) is 5.61. The van der Waals surface area contributed by atoms with Crippen LogP contribution in [0.5, 0.6) is 0 Å². The third-order valence-electron chi connectivity index (χ3n) is 1.76. The first-order chi connectivity index (χ1) is 4.77. The van der Waals surface area contributed by atoms with E-state index >= 15 is 0 Å². The largest absolute Gasteiger partial charge is 0.328 e. The molecule has 0 aromatic carbocycles. The highest BCUT2D eigenvalue weighted by Crippen LogP contribution is 2.05. The van der Waals surface area contributed by atoms with E-state index in [0.29, 0.717) is 6.04 Å². The van der Waals surface area contributed by atoms with Crippen molar-refractivity contribution in [3.05, 3.63) is 0 Å². The minimum absolute atomic E-state index is 0. The summed E-state index contributed by atoms with van der Waals surface area (Å²) in [5.74, 6) is 0. The maximum Gasteiger partial charge on any atom is 0.00104 e. The monoisotopic (exact) mass is 223 g/mol. The van der Waals surface area contributed by atoms with Gasteiger partial charge in [0.15, 0.2) is 0 Å². The van der Waals surface area contributed by atoms with Gasteiger partial charge in [-0.15, -0.1) is 17.0 Å². The van der Waals surface area contributed by atoms with Crippen molar-refractivity contribution in [1.82, 2.24) is 0 Å². The molecular weight excluding hydrogens is 202 g/mol. The van der Waals surface area contributed by atoms with Crippen LogP contribution in [-0.4, -0.2) is 6.04 Å². The molecule has 1 nitrogen and oxygen atoms in total. The highest BCUT2D eigenvalue weighted by Gasteiger charge is 1.92. The molecule has 70 valence electrons. The Balaban J connectivity index is 0. The third kappa shape index (κ3) is 13.4. The molecule has 0 aromatic rings. The highest BCUT2D eigenvalue weighted by atomic mass is 79.9. The first-order valence-electron chi connectivity index (χ1n) is 4.53. The van der Waals surface area contributed by atoms with E-state index in [4.69, 9.17) is 5.73 Å². The van der Waals surface area contributed by atoms with E-state index in [2.05, 4.69) is 13.8 Å². The SMILES string of the molecule is Br.CCCCCCCC(C)N. The van der Waals surface area contributed by atoms with Crippen LogP contribution in [-0.2, 0) is 0 Å². The van der Waals surface area contributed by atoms with E-state index in [9.17, 15) is 0 Å². The van der Waals surface area contributed by atoms with Crippen LogP contribution in [0.4, 0.5) is 0 Å². The molecule has 0 rings (SSSR count). The molecule has 1 atom stereocenters. The lowest BCUT2D eigenvalue weighted by molar-refractivity contribution is 0.563. The van der Waals surface area contributed by atoms with Crippen LogP contribution < -0.4 is 5.73 Å². The molecule has 0 aliphatic carbocycles. The predicted molar refractivity (Wildman–Crippen MR) is 57.3 cm³/mol. The zero-order valence-corrected chi connectivity index (χ0v) is 9.52. The molecule has 1 unspecified atom stereocenters. The van der Waals surface area contributed by atoms with Crippen LogP contribution >= 0.6 is 17.0 Å². The quantitative estimate of drug-likeness (QED) is 0.688. The van der Waals surface area contributed by atoms with Gasteiger partial charge in [0.05, 0.1) is 0 Å². The van der Waals surface area contributed by atoms with Gasteiger partial charge in [-0.3, -0.25) is 0 Å². The molecule has 0 spiro atoms. The van der Waals surface area contributed by atoms with Crippen molar-refractivity contribution in [2.75, 3.05) is 0 Å². The smallest absolute Gasteiger partial charge is 0.00104 e. The van der Waals surface area contributed by atoms with Gasteiger partial charge in [0.2, 0.25) is 0 Å². The third-order valence-corrected chi connectivity index (χ3v) is 1.76. The van der Waals surface area contributed by atoms with Crippen molar-refractivity contribution in [1.29, 1.82) is 0 Å². The second kappa shape index (κ2) is 10.4. The number of rotatable bonds is 6. The summed E-state index contributed by atoms with van der Waals surface area (Å²) in [6.45, 7) is 4.32. The van der Waals surface area contributed by atoms with E-state index in [-0.39, 0.29) is 17.0 Å². The summed E-state index contributed by atoms with van der Waals surface area (Å²) < 4.78 is 0. The minimum atomic E-state index is 0. The standard InChI is InChI=1S/C9H21N.BrH/c1-3-4-5-6-7-8-9(2)10;/h9H,3-8,10H2,1-2H3;1H. The summed E-state index contributed by atoms with van der Waals surface area (Å²) in [4.78, 5) is 0. The van der Waals surface area contributed by atoms with Gasteiger partial charge in [0, 0.05) is 6.04 Å². The second-order valence-corrected chi connectivity index (χ2v) is 3.18. The molecule has 0 aliphatic heterocycles. The molecule has 0 aromatic heterocycles. The average molecular weight is 224 g/mol. The van der Waals surface area contributed by atoms with Crippen LogP contribution in [0.25, 0.3) is 0 Å². The summed E-state index contributed by atoms with van der Waals surface area (Å²) in [6.07, 6.45) is 8.00. The number of unbranched alkanes of at least 4 members (excludes halogenated alkanes) is 4. The van der Waals surface area contributed by atoms with Crippen LogP contribution in [0.1, 0.15) is 52.4 Å². The van der Waals surface area contributed by atoms with Crippen molar-refractivity contribution in [2.45, 2.75) is 58.4 Å². The van der Waals surface area contributed by atoms with Gasteiger partial charge in [-0.2, -0.15) is 0 Å². The molecule has 0 amide bonds. The molecule has 0 saturated heterocycles. The summed E-state index contributed by atoms with van der Waals surface area (Å²) in [6, 6.07) is 0.404. The molecule has 11 heavy (non-hydrogen) atoms. The van der Waals surface area contributed by atoms with Gasteiger partial charge < -0.3 is 5.73 Å². The minimum Gasteiger partial charge on any atom is -0.328 e. The number of hydrogen-bond donors (Lipinski definition) is 1. The van der Waals surface area contributed by atoms with Crippen molar-refractivity contribution in [2.24, 2.45) is 5.73 Å². The van der Waals surface area contributed by atoms with Gasteiger partial charge in [-0.25, -0.2) is 0 Å². The van der Waals surface area contributed by atoms with Crippen molar-refractivity contribution >= 4 is 17.0 Å². The molecule has 0 fully saturated rings. The first-order valence-corrected chi connectivity index (χ1v) is 4.53. The van der Waals surface area contributed by atoms with E-state index in [1.54, 1.807) is 0 Å². The van der Waals surface area contributed by atoms with E-state index in [1.807, 2.05) is 0 Å². The fourth-order valence-corrected chi connectivity index (χ4v) is 1.07. The topological polar surface area (TPSA) is 26.0 Å². The fourth-order valence-electron chi connectivity index (χ4n) is 1.07. The zero-order valence-electron chi connectivity index (χ0n) is 7.81. The Morgan fingerprint density at radius 3 is 2.09 bits per heavy atom. The first kappa shape index (κ1) is 14.0. The van der Waals surface area contributed by atoms with Gasteiger partial charge in [-0.05, 0) is 13.3 Å². The number of hydrogen-bond acceptors (Lipinski definition) is 1. The summed E-state index contributed by atoms with van der Waals surface area (Å²) >= 11 is 0. The van der Waals surface area contributed by atoms with Crippen LogP contribution in [0.15, 0.2) is 0 Å². The van der Waals surface area contributed by atoms with E-state index in [1.165, 1.54) is 38.5 Å². The lowest BCUT2D eigenvalue weighted by Gasteiger charge is -2.02. The van der Waals surface area contributed by atoms with E-state index < -0.39 is 0 Å². The number of nitrogens with two attached hydrogens (primary N) is 1. The molecular formula is C9H22BrN. The molecule has 0 aliphatic rings. The maximum atomic E-state index is 5.61. The highest BCUT2D eigenvalue weighted by molar-refractivity contribution is 8.93. The fraction of sp³-hybridized carbons (Fsp3) is 1.00. The summed E-state index contributed by atoms with van der Waals surface area (Å²) in [5, 5.41) is 0. The molecule has 2 N–H and O–H groups in total. The van der Waals surface area contributed by atoms with Crippen LogP contribution in [0, 0.1) is 0 Å². The second-order valence-electron chi connectivity index (χ2n) is 3.18. The lowest BCUT2D eigenvalue weighted by Crippen LogP contribution is -2.13. The molecule has 0 bridgehead atoms. The molecule has 0 heterocycles. The van der Waals surface area contributed by atoms with Gasteiger partial charge in [-0.1, -0.05) is 39.0 Å². The Bertz CT molecular complexity index is 64.6. The van der Waals surface area contributed by atoms with Gasteiger partial charge in [0.25, 0.3) is 0 Å². The Morgan fingerprint density at radius 1 is 1.09 bits per heavy atom. The van der Waals surface area contributed by atoms with Crippen LogP contribution in [0.2, 0.25) is 0 Å². The van der Waals surface area contributed by atoms with E-state index in [0.717, 1.165) is 0 Å². The van der Waals surface area contributed by atoms with Crippen molar-refractivity contribution in [3.8, 4) is 0 Å². The predicted octanol–water partition coefficient (Wildman–Crippen LogP) is 3.27. The maximum absolute atomic E-state index is 5.61. The Morgan fingerprint density at radius 2 is 1.64 bits per heavy atom. The summed E-state index contributed by atoms with van der Waals surface area (Å²) in [7, 11) is 0. The Hall–Kier alpha value is 0.440. The van der Waals surface area contributed by atoms with Gasteiger partial charge >= 0.3 is 0 Å². The zero-order chi connectivity index (χ0) is 7.82. The molecule has 0 radical (unpaired) electrons. The lowest BCUT2D eigenvalue weighted by atomic mass is 10.1.